The Balaban J connectivity index is 0.984. The summed E-state index contributed by atoms with van der Waals surface area (Å²) in [5.41, 5.74) is 6.13. The Labute approximate surface area is 329 Å². The molecule has 1 aromatic heterocycles. The highest BCUT2D eigenvalue weighted by Crippen LogP contribution is 2.39. The lowest BCUT2D eigenvalue weighted by molar-refractivity contribution is -0.140. The van der Waals surface area contributed by atoms with E-state index < -0.39 is 24.6 Å². The number of nitrogens with zero attached hydrogens (tertiary/aromatic N) is 2. The van der Waals surface area contributed by atoms with Crippen LogP contribution in [0.25, 0.3) is 0 Å². The average molecular weight is 779 g/mol. The van der Waals surface area contributed by atoms with E-state index in [1.165, 1.54) is 11.3 Å². The third kappa shape index (κ3) is 9.64. The van der Waals surface area contributed by atoms with Gasteiger partial charge in [0.2, 0.25) is 0 Å². The summed E-state index contributed by atoms with van der Waals surface area (Å²) in [6.45, 7) is 1.01. The van der Waals surface area contributed by atoms with Gasteiger partial charge in [-0.1, -0.05) is 36.4 Å². The van der Waals surface area contributed by atoms with Crippen LogP contribution in [-0.2, 0) is 41.8 Å². The molecule has 2 aliphatic carbocycles. The number of carboxylic acid groups (broad SMARTS) is 2. The van der Waals surface area contributed by atoms with Crippen molar-refractivity contribution >= 4 is 51.9 Å². The van der Waals surface area contributed by atoms with Gasteiger partial charge in [-0.15, -0.1) is 11.3 Å². The molecule has 0 unspecified atom stereocenters. The van der Waals surface area contributed by atoms with Crippen LogP contribution in [0.3, 0.4) is 0 Å². The second-order valence-corrected chi connectivity index (χ2v) is 15.9. The zero-order chi connectivity index (χ0) is 39.2. The number of amides is 3. The number of ether oxygens (including phenoxy) is 1. The number of nitrogens with one attached hydrogen (secondary N) is 2. The fraction of sp³-hybridized carbons (Fsp3) is 0.372. The summed E-state index contributed by atoms with van der Waals surface area (Å²) in [5, 5.41) is 24.7. The van der Waals surface area contributed by atoms with Crippen molar-refractivity contribution in [3.8, 4) is 0 Å². The second-order valence-electron chi connectivity index (χ2n) is 14.8. The average Bonchev–Trinajstić information content (AvgIpc) is 3.99. The van der Waals surface area contributed by atoms with Crippen molar-refractivity contribution in [3.05, 3.63) is 117 Å². The summed E-state index contributed by atoms with van der Waals surface area (Å²) in [6, 6.07) is 23.0. The molecule has 0 bridgehead atoms. The normalized spacial score (nSPS) is 15.6. The molecule has 0 atom stereocenters. The number of fused-ring (bicyclic) bond motifs is 1. The van der Waals surface area contributed by atoms with Crippen molar-refractivity contribution in [2.24, 2.45) is 0 Å². The number of piperidine rings is 1. The van der Waals surface area contributed by atoms with Crippen molar-refractivity contribution in [1.29, 1.82) is 0 Å². The fourth-order valence-electron chi connectivity index (χ4n) is 7.70. The number of rotatable bonds is 14. The van der Waals surface area contributed by atoms with Crippen molar-refractivity contribution in [2.75, 3.05) is 30.3 Å². The van der Waals surface area contributed by atoms with E-state index in [4.69, 9.17) is 14.9 Å². The largest absolute Gasteiger partial charge is 0.479 e. The summed E-state index contributed by atoms with van der Waals surface area (Å²) in [6.07, 6.45) is 8.33. The molecule has 1 saturated heterocycles. The van der Waals surface area contributed by atoms with Crippen molar-refractivity contribution < 1.29 is 38.9 Å². The molecule has 1 saturated carbocycles. The van der Waals surface area contributed by atoms with Gasteiger partial charge in [-0.3, -0.25) is 14.5 Å². The Morgan fingerprint density at radius 3 is 2.07 bits per heavy atom. The van der Waals surface area contributed by atoms with Gasteiger partial charge in [0, 0.05) is 47.8 Å². The Hall–Kier alpha value is -5.53. The summed E-state index contributed by atoms with van der Waals surface area (Å²) < 4.78 is 4.88. The second kappa shape index (κ2) is 17.5. The molecule has 4 aromatic rings. The van der Waals surface area contributed by atoms with Gasteiger partial charge < -0.3 is 30.5 Å². The van der Waals surface area contributed by atoms with E-state index in [0.29, 0.717) is 47.5 Å². The number of aromatic carboxylic acids is 1. The molecule has 3 amide bonds. The maximum absolute atomic E-state index is 13.9. The molecule has 7 rings (SSSR count). The van der Waals surface area contributed by atoms with E-state index in [1.807, 2.05) is 54.6 Å². The topological polar surface area (TPSA) is 166 Å². The molecular formula is C43H46N4O8S. The molecule has 292 valence electrons. The number of carbonyl (C=O) groups excluding carboxylic acids is 3. The van der Waals surface area contributed by atoms with Crippen molar-refractivity contribution in [1.82, 2.24) is 9.80 Å². The lowest BCUT2D eigenvalue weighted by Crippen LogP contribution is -2.47. The van der Waals surface area contributed by atoms with Gasteiger partial charge in [0.25, 0.3) is 11.8 Å². The molecule has 12 nitrogen and oxygen atoms in total. The Kier molecular flexibility index (Phi) is 12.1. The molecule has 3 aromatic carbocycles. The Morgan fingerprint density at radius 1 is 0.750 bits per heavy atom. The van der Waals surface area contributed by atoms with Gasteiger partial charge in [0.15, 0.2) is 6.61 Å². The number of likely N-dealkylation sites (tertiary alicyclic amines) is 1. The van der Waals surface area contributed by atoms with Gasteiger partial charge in [0.1, 0.15) is 5.00 Å². The first-order chi connectivity index (χ1) is 27.1. The molecule has 0 spiro atoms. The van der Waals surface area contributed by atoms with E-state index in [1.54, 1.807) is 23.1 Å². The maximum Gasteiger partial charge on any atom is 0.410 e. The van der Waals surface area contributed by atoms with Crippen LogP contribution in [-0.4, -0.2) is 81.6 Å². The number of carbonyl (C=O) groups is 5. The van der Waals surface area contributed by atoms with Crippen LogP contribution in [0.4, 0.5) is 15.5 Å². The van der Waals surface area contributed by atoms with Crippen LogP contribution < -0.4 is 10.6 Å². The zero-order valence-electron chi connectivity index (χ0n) is 31.1. The van der Waals surface area contributed by atoms with Gasteiger partial charge in [-0.2, -0.15) is 0 Å². The Bertz CT molecular complexity index is 2090. The summed E-state index contributed by atoms with van der Waals surface area (Å²) >= 11 is 1.49. The van der Waals surface area contributed by atoms with Crippen LogP contribution in [0.2, 0.25) is 0 Å². The lowest BCUT2D eigenvalue weighted by atomic mass is 9.95. The molecule has 3 aliphatic rings. The lowest BCUT2D eigenvalue weighted by Gasteiger charge is -2.38. The number of carboxylic acids is 2. The van der Waals surface area contributed by atoms with E-state index in [0.717, 1.165) is 91.3 Å². The van der Waals surface area contributed by atoms with Crippen LogP contribution in [0, 0.1) is 0 Å². The molecule has 2 heterocycles. The number of aryl methyl sites for hydroxylation is 3. The predicted octanol–water partition coefficient (Wildman–Crippen LogP) is 7.26. The first-order valence-corrected chi connectivity index (χ1v) is 20.1. The van der Waals surface area contributed by atoms with Gasteiger partial charge in [-0.05, 0) is 123 Å². The molecule has 1 aliphatic heterocycles. The minimum Gasteiger partial charge on any atom is -0.479 e. The zero-order valence-corrected chi connectivity index (χ0v) is 31.9. The summed E-state index contributed by atoms with van der Waals surface area (Å²) in [7, 11) is 0. The number of benzene rings is 3. The van der Waals surface area contributed by atoms with Gasteiger partial charge in [0.05, 0.1) is 11.1 Å². The minimum absolute atomic E-state index is 0.249. The highest BCUT2D eigenvalue weighted by molar-refractivity contribution is 7.17. The minimum atomic E-state index is -1.18. The monoisotopic (exact) mass is 778 g/mol. The highest BCUT2D eigenvalue weighted by atomic mass is 32.1. The fourth-order valence-corrected chi connectivity index (χ4v) is 8.98. The number of aliphatic carboxylic acids is 1. The molecule has 0 radical (unpaired) electrons. The molecular weight excluding hydrogens is 733 g/mol. The van der Waals surface area contributed by atoms with Crippen LogP contribution in [0.15, 0.2) is 72.8 Å². The first kappa shape index (κ1) is 38.7. The molecule has 13 heteroatoms. The van der Waals surface area contributed by atoms with E-state index in [9.17, 15) is 24.0 Å². The van der Waals surface area contributed by atoms with Crippen LogP contribution in [0.1, 0.15) is 96.7 Å². The summed E-state index contributed by atoms with van der Waals surface area (Å²) in [5.74, 6) is -2.64. The molecule has 4 N–H and O–H groups in total. The number of anilines is 2. The van der Waals surface area contributed by atoms with E-state index >= 15 is 0 Å². The quantitative estimate of drug-likeness (QED) is 0.103. The number of hydrogen-bond acceptors (Lipinski definition) is 8. The van der Waals surface area contributed by atoms with E-state index in [2.05, 4.69) is 15.5 Å². The number of thiophene rings is 1. The van der Waals surface area contributed by atoms with E-state index in [-0.39, 0.29) is 23.4 Å². The SMILES string of the molecule is O=C(O)COC(=O)N1CCC(N(Cc2cccc(C(=O)Nc3sc4c(c3C(=O)Nc3ccc(CCc5ccc(C(=O)O)cc5)cc3)CCCC4)c2)C2CC2)CC1. The third-order valence-electron chi connectivity index (χ3n) is 10.8. The molecule has 56 heavy (non-hydrogen) atoms. The summed E-state index contributed by atoms with van der Waals surface area (Å²) in [4.78, 5) is 67.2. The third-order valence-corrected chi connectivity index (χ3v) is 12.0. The molecule has 2 fully saturated rings. The highest BCUT2D eigenvalue weighted by Gasteiger charge is 2.36. The van der Waals surface area contributed by atoms with Gasteiger partial charge >= 0.3 is 18.0 Å². The first-order valence-electron chi connectivity index (χ1n) is 19.3. The number of hydrogen-bond donors (Lipinski definition) is 4. The van der Waals surface area contributed by atoms with Crippen molar-refractivity contribution in [2.45, 2.75) is 82.8 Å². The Morgan fingerprint density at radius 2 is 1.41 bits per heavy atom. The van der Waals surface area contributed by atoms with Crippen molar-refractivity contribution in [3.63, 3.8) is 0 Å². The van der Waals surface area contributed by atoms with Crippen LogP contribution in [0.5, 0.6) is 0 Å². The predicted molar refractivity (Wildman–Crippen MR) is 213 cm³/mol. The van der Waals surface area contributed by atoms with Gasteiger partial charge in [-0.25, -0.2) is 14.4 Å². The van der Waals surface area contributed by atoms with Crippen LogP contribution >= 0.6 is 11.3 Å². The maximum atomic E-state index is 13.9. The smallest absolute Gasteiger partial charge is 0.410 e. The standard InChI is InChI=1S/C43H46N4O8S/c48-37(49)26-55-43(54)46-22-20-34(21-23-46)47(33-18-19-33)25-29-4-3-5-31(24-29)39(50)45-41-38(35-6-1-2-7-36(35)56-41)40(51)44-32-16-12-28(13-17-32)9-8-27-10-14-30(15-11-27)42(52)53/h3-5,10-17,24,33-34H,1-2,6-9,18-23,25-26H2,(H,44,51)(H,45,50)(H,48,49)(H,52,53).